The third-order valence-corrected chi connectivity index (χ3v) is 5.49. The van der Waals surface area contributed by atoms with Crippen molar-refractivity contribution in [1.82, 2.24) is 18.8 Å². The van der Waals surface area contributed by atoms with Crippen LogP contribution in [0.2, 0.25) is 0 Å². The van der Waals surface area contributed by atoms with E-state index >= 15 is 0 Å². The number of aryl methyl sites for hydroxylation is 1. The number of pyridine rings is 1. The Hall–Kier alpha value is -2.14. The van der Waals surface area contributed by atoms with Crippen LogP contribution in [-0.4, -0.2) is 46.5 Å². The van der Waals surface area contributed by atoms with Crippen LogP contribution in [0, 0.1) is 0 Å². The molecule has 0 spiro atoms. The van der Waals surface area contributed by atoms with Gasteiger partial charge in [0, 0.05) is 32.1 Å². The lowest BCUT2D eigenvalue weighted by Crippen LogP contribution is -2.31. The van der Waals surface area contributed by atoms with Crippen molar-refractivity contribution in [3.8, 4) is 5.88 Å². The van der Waals surface area contributed by atoms with Crippen LogP contribution < -0.4 is 4.74 Å². The van der Waals surface area contributed by atoms with E-state index in [-0.39, 0.29) is 24.0 Å². The van der Waals surface area contributed by atoms with E-state index < -0.39 is 27.9 Å². The maximum absolute atomic E-state index is 12.7. The first-order valence-corrected chi connectivity index (χ1v) is 8.78. The average Bonchev–Trinajstić information content (AvgIpc) is 3.16. The van der Waals surface area contributed by atoms with Gasteiger partial charge < -0.3 is 9.30 Å². The van der Waals surface area contributed by atoms with Crippen molar-refractivity contribution >= 4 is 10.0 Å². The van der Waals surface area contributed by atoms with Gasteiger partial charge in [-0.25, -0.2) is 18.4 Å². The van der Waals surface area contributed by atoms with Crippen molar-refractivity contribution in [2.24, 2.45) is 7.05 Å². The Bertz CT molecular complexity index is 866. The van der Waals surface area contributed by atoms with Crippen molar-refractivity contribution in [2.75, 3.05) is 13.1 Å². The molecule has 0 amide bonds. The van der Waals surface area contributed by atoms with E-state index in [2.05, 4.69) is 9.97 Å². The van der Waals surface area contributed by atoms with Gasteiger partial charge in [0.1, 0.15) is 6.10 Å². The molecule has 136 valence electrons. The maximum atomic E-state index is 12.7. The first kappa shape index (κ1) is 17.7. The van der Waals surface area contributed by atoms with Gasteiger partial charge in [-0.1, -0.05) is 0 Å². The molecule has 1 atom stereocenters. The third kappa shape index (κ3) is 3.76. The van der Waals surface area contributed by atoms with Crippen LogP contribution in [-0.2, 0) is 23.2 Å². The van der Waals surface area contributed by atoms with E-state index in [4.69, 9.17) is 4.74 Å². The summed E-state index contributed by atoms with van der Waals surface area (Å²) in [4.78, 5) is 7.59. The molecule has 1 fully saturated rings. The number of ether oxygens (including phenoxy) is 1. The van der Waals surface area contributed by atoms with Crippen LogP contribution in [0.3, 0.4) is 0 Å². The molecule has 2 aromatic rings. The average molecular weight is 376 g/mol. The second kappa shape index (κ2) is 6.30. The van der Waals surface area contributed by atoms with E-state index in [1.54, 1.807) is 7.05 Å². The van der Waals surface area contributed by atoms with Gasteiger partial charge >= 0.3 is 6.18 Å². The minimum Gasteiger partial charge on any atom is -0.473 e. The summed E-state index contributed by atoms with van der Waals surface area (Å²) < 4.78 is 71.2. The Morgan fingerprint density at radius 3 is 2.72 bits per heavy atom. The van der Waals surface area contributed by atoms with Gasteiger partial charge in [0.05, 0.1) is 18.4 Å². The minimum atomic E-state index is -4.49. The number of nitrogens with zero attached hydrogens (tertiary/aromatic N) is 4. The molecule has 0 aromatic carbocycles. The summed E-state index contributed by atoms with van der Waals surface area (Å²) in [5.74, 6) is -0.183. The van der Waals surface area contributed by atoms with Gasteiger partial charge in [0.2, 0.25) is 5.88 Å². The van der Waals surface area contributed by atoms with Crippen LogP contribution >= 0.6 is 0 Å². The Labute approximate surface area is 142 Å². The van der Waals surface area contributed by atoms with Gasteiger partial charge in [-0.3, -0.25) is 0 Å². The highest BCUT2D eigenvalue weighted by atomic mass is 32.2. The molecule has 7 nitrogen and oxygen atoms in total. The summed E-state index contributed by atoms with van der Waals surface area (Å²) in [6, 6.07) is 1.65. The quantitative estimate of drug-likeness (QED) is 0.811. The van der Waals surface area contributed by atoms with Gasteiger partial charge in [-0.05, 0) is 12.5 Å². The lowest BCUT2D eigenvalue weighted by molar-refractivity contribution is -0.137. The zero-order chi connectivity index (χ0) is 18.2. The number of rotatable bonds is 4. The standard InChI is InChI=1S/C14H15F3N4O3S/c1-20-8-13(19-9-20)25(22,23)21-5-3-11(7-21)24-12-6-10(2-4-18-12)14(15,16)17/h2,4,6,8-9,11H,3,5,7H2,1H3/t11-/m0/s1. The fourth-order valence-corrected chi connectivity index (χ4v) is 3.94. The van der Waals surface area contributed by atoms with E-state index in [1.807, 2.05) is 0 Å². The fraction of sp³-hybridized carbons (Fsp3) is 0.429. The molecule has 1 aliphatic rings. The Balaban J connectivity index is 1.70. The highest BCUT2D eigenvalue weighted by molar-refractivity contribution is 7.89. The van der Waals surface area contributed by atoms with Gasteiger partial charge in [0.15, 0.2) is 5.03 Å². The SMILES string of the molecule is Cn1cnc(S(=O)(=O)N2CC[C@H](Oc3cc(C(F)(F)F)ccn3)C2)c1. The monoisotopic (exact) mass is 376 g/mol. The topological polar surface area (TPSA) is 77.3 Å². The molecule has 3 heterocycles. The van der Waals surface area contributed by atoms with E-state index in [1.165, 1.54) is 21.4 Å². The summed E-state index contributed by atoms with van der Waals surface area (Å²) in [6.07, 6.45) is -0.944. The summed E-state index contributed by atoms with van der Waals surface area (Å²) in [6.45, 7) is 0.222. The number of imidazole rings is 1. The molecule has 0 N–H and O–H groups in total. The summed E-state index contributed by atoms with van der Waals surface area (Å²) in [5.41, 5.74) is -0.867. The maximum Gasteiger partial charge on any atom is 0.416 e. The zero-order valence-electron chi connectivity index (χ0n) is 13.1. The molecular weight excluding hydrogens is 361 g/mol. The molecule has 0 saturated carbocycles. The normalized spacial score (nSPS) is 19.3. The molecule has 3 rings (SSSR count). The predicted octanol–water partition coefficient (Wildman–Crippen LogP) is 1.68. The van der Waals surface area contributed by atoms with E-state index in [0.29, 0.717) is 6.42 Å². The zero-order valence-corrected chi connectivity index (χ0v) is 14.0. The Kier molecular flexibility index (Phi) is 4.45. The van der Waals surface area contributed by atoms with Crippen LogP contribution in [0.25, 0.3) is 0 Å². The molecule has 0 unspecified atom stereocenters. The molecule has 0 radical (unpaired) electrons. The lowest BCUT2D eigenvalue weighted by atomic mass is 10.2. The minimum absolute atomic E-state index is 0.0246. The molecule has 25 heavy (non-hydrogen) atoms. The number of hydrogen-bond donors (Lipinski definition) is 0. The second-order valence-electron chi connectivity index (χ2n) is 5.65. The van der Waals surface area contributed by atoms with E-state index in [9.17, 15) is 21.6 Å². The summed E-state index contributed by atoms with van der Waals surface area (Å²) in [5, 5.41) is -0.0761. The lowest BCUT2D eigenvalue weighted by Gasteiger charge is -2.16. The number of aromatic nitrogens is 3. The smallest absolute Gasteiger partial charge is 0.416 e. The fourth-order valence-electron chi connectivity index (χ4n) is 2.49. The first-order chi connectivity index (χ1) is 11.7. The number of hydrogen-bond acceptors (Lipinski definition) is 5. The van der Waals surface area contributed by atoms with E-state index in [0.717, 1.165) is 18.3 Å². The van der Waals surface area contributed by atoms with Crippen molar-refractivity contribution in [2.45, 2.75) is 23.7 Å². The van der Waals surface area contributed by atoms with Gasteiger partial charge in [0.25, 0.3) is 10.0 Å². The third-order valence-electron chi connectivity index (χ3n) is 3.74. The highest BCUT2D eigenvalue weighted by Gasteiger charge is 2.36. The van der Waals surface area contributed by atoms with Crippen molar-refractivity contribution in [1.29, 1.82) is 0 Å². The molecular formula is C14H15F3N4O3S. The van der Waals surface area contributed by atoms with Crippen molar-refractivity contribution in [3.63, 3.8) is 0 Å². The number of alkyl halides is 3. The molecule has 1 saturated heterocycles. The van der Waals surface area contributed by atoms with Gasteiger partial charge in [-0.15, -0.1) is 0 Å². The second-order valence-corrected chi connectivity index (χ2v) is 7.53. The summed E-state index contributed by atoms with van der Waals surface area (Å²) in [7, 11) is -2.10. The first-order valence-electron chi connectivity index (χ1n) is 7.34. The highest BCUT2D eigenvalue weighted by Crippen LogP contribution is 2.31. The number of sulfonamides is 1. The molecule has 11 heteroatoms. The Morgan fingerprint density at radius 2 is 2.08 bits per heavy atom. The number of halogens is 3. The van der Waals surface area contributed by atoms with Crippen molar-refractivity contribution < 1.29 is 26.3 Å². The van der Waals surface area contributed by atoms with Crippen molar-refractivity contribution in [3.05, 3.63) is 36.4 Å². The molecule has 0 aliphatic carbocycles. The van der Waals surface area contributed by atoms with Crippen LogP contribution in [0.1, 0.15) is 12.0 Å². The van der Waals surface area contributed by atoms with Crippen LogP contribution in [0.4, 0.5) is 13.2 Å². The molecule has 2 aromatic heterocycles. The molecule has 0 bridgehead atoms. The van der Waals surface area contributed by atoms with Crippen LogP contribution in [0.15, 0.2) is 35.9 Å². The molecule has 1 aliphatic heterocycles. The summed E-state index contributed by atoms with van der Waals surface area (Å²) >= 11 is 0. The van der Waals surface area contributed by atoms with Gasteiger partial charge in [-0.2, -0.15) is 17.5 Å². The predicted molar refractivity (Wildman–Crippen MR) is 80.2 cm³/mol. The Morgan fingerprint density at radius 1 is 1.32 bits per heavy atom. The largest absolute Gasteiger partial charge is 0.473 e. The van der Waals surface area contributed by atoms with Crippen LogP contribution in [0.5, 0.6) is 5.88 Å².